The standard InChI is InChI=1S/C24H35N3O3S/c1-16(26-28)19-11-20(13-21(12-19)24(3,4)5)22-14-23(31(25,29)30)17(2)27(22)15-18-9-7-6-8-10-18/h11-14,18,28H,6-10,15H2,1-5H3,(H2,25,29,30)/b26-16+. The van der Waals surface area contributed by atoms with E-state index in [2.05, 4.69) is 36.6 Å². The summed E-state index contributed by atoms with van der Waals surface area (Å²) in [6.45, 7) is 10.8. The van der Waals surface area contributed by atoms with E-state index < -0.39 is 10.0 Å². The number of benzene rings is 1. The molecule has 0 spiro atoms. The summed E-state index contributed by atoms with van der Waals surface area (Å²) in [6, 6.07) is 7.79. The van der Waals surface area contributed by atoms with Gasteiger partial charge in [-0.15, -0.1) is 0 Å². The molecule has 0 amide bonds. The number of rotatable bonds is 5. The maximum Gasteiger partial charge on any atom is 0.239 e. The molecule has 0 saturated heterocycles. The molecule has 1 aromatic heterocycles. The molecule has 1 aromatic carbocycles. The number of hydrogen-bond donors (Lipinski definition) is 2. The van der Waals surface area contributed by atoms with Crippen molar-refractivity contribution >= 4 is 15.7 Å². The van der Waals surface area contributed by atoms with Crippen LogP contribution in [0, 0.1) is 12.8 Å². The van der Waals surface area contributed by atoms with Gasteiger partial charge in [0.1, 0.15) is 4.90 Å². The second-order valence-electron chi connectivity index (χ2n) is 9.87. The molecular formula is C24H35N3O3S. The van der Waals surface area contributed by atoms with Crippen LogP contribution >= 0.6 is 0 Å². The minimum atomic E-state index is -3.84. The lowest BCUT2D eigenvalue weighted by Gasteiger charge is -2.25. The molecule has 31 heavy (non-hydrogen) atoms. The molecule has 1 saturated carbocycles. The molecule has 1 heterocycles. The van der Waals surface area contributed by atoms with E-state index in [4.69, 9.17) is 5.14 Å². The fourth-order valence-corrected chi connectivity index (χ4v) is 5.28. The summed E-state index contributed by atoms with van der Waals surface area (Å²) >= 11 is 0. The van der Waals surface area contributed by atoms with E-state index in [9.17, 15) is 13.6 Å². The normalized spacial score (nSPS) is 16.6. The van der Waals surface area contributed by atoms with Crippen LogP contribution in [-0.4, -0.2) is 23.9 Å². The highest BCUT2D eigenvalue weighted by atomic mass is 32.2. The molecule has 3 N–H and O–H groups in total. The van der Waals surface area contributed by atoms with Crippen LogP contribution in [-0.2, 0) is 22.0 Å². The van der Waals surface area contributed by atoms with Gasteiger partial charge in [-0.05, 0) is 79.0 Å². The van der Waals surface area contributed by atoms with Gasteiger partial charge in [-0.2, -0.15) is 0 Å². The smallest absolute Gasteiger partial charge is 0.239 e. The first-order chi connectivity index (χ1) is 14.4. The van der Waals surface area contributed by atoms with Crippen LogP contribution in [0.1, 0.15) is 76.6 Å². The first-order valence-electron chi connectivity index (χ1n) is 11.0. The topological polar surface area (TPSA) is 97.7 Å². The summed E-state index contributed by atoms with van der Waals surface area (Å²) in [6.07, 6.45) is 6.03. The van der Waals surface area contributed by atoms with Gasteiger partial charge in [0.2, 0.25) is 10.0 Å². The highest BCUT2D eigenvalue weighted by Crippen LogP contribution is 2.35. The van der Waals surface area contributed by atoms with Gasteiger partial charge in [-0.3, -0.25) is 0 Å². The Bertz CT molecular complexity index is 1090. The third-order valence-electron chi connectivity index (χ3n) is 6.45. The van der Waals surface area contributed by atoms with Gasteiger partial charge in [0.15, 0.2) is 0 Å². The molecule has 1 aliphatic rings. The lowest BCUT2D eigenvalue weighted by Crippen LogP contribution is -2.17. The first-order valence-corrected chi connectivity index (χ1v) is 12.5. The van der Waals surface area contributed by atoms with E-state index in [0.29, 0.717) is 17.3 Å². The Labute approximate surface area is 186 Å². The molecule has 0 atom stereocenters. The fourth-order valence-electron chi connectivity index (χ4n) is 4.49. The van der Waals surface area contributed by atoms with Gasteiger partial charge in [0.05, 0.1) is 5.71 Å². The zero-order valence-corrected chi connectivity index (χ0v) is 20.1. The number of sulfonamides is 1. The molecule has 1 aliphatic carbocycles. The second kappa shape index (κ2) is 8.79. The molecule has 1 fully saturated rings. The number of oxime groups is 1. The van der Waals surface area contributed by atoms with E-state index in [1.54, 1.807) is 13.0 Å². The van der Waals surface area contributed by atoms with Crippen molar-refractivity contribution < 1.29 is 13.6 Å². The number of aromatic nitrogens is 1. The van der Waals surface area contributed by atoms with Crippen molar-refractivity contribution in [3.05, 3.63) is 41.1 Å². The summed E-state index contributed by atoms with van der Waals surface area (Å²) in [5.41, 5.74) is 4.70. The molecule has 2 aromatic rings. The highest BCUT2D eigenvalue weighted by molar-refractivity contribution is 7.89. The number of hydrogen-bond acceptors (Lipinski definition) is 4. The predicted octanol–water partition coefficient (Wildman–Crippen LogP) is 5.19. The van der Waals surface area contributed by atoms with Crippen LogP contribution in [0.15, 0.2) is 34.3 Å². The zero-order valence-electron chi connectivity index (χ0n) is 19.3. The van der Waals surface area contributed by atoms with E-state index >= 15 is 0 Å². The van der Waals surface area contributed by atoms with E-state index in [0.717, 1.165) is 41.8 Å². The van der Waals surface area contributed by atoms with Crippen LogP contribution in [0.2, 0.25) is 0 Å². The Kier molecular flexibility index (Phi) is 6.67. The molecule has 0 unspecified atom stereocenters. The van der Waals surface area contributed by atoms with Gasteiger partial charge in [-0.1, -0.05) is 45.2 Å². The summed E-state index contributed by atoms with van der Waals surface area (Å²) in [7, 11) is -3.84. The number of nitrogens with two attached hydrogens (primary N) is 1. The van der Waals surface area contributed by atoms with Gasteiger partial charge in [0.25, 0.3) is 0 Å². The van der Waals surface area contributed by atoms with Crippen molar-refractivity contribution in [2.45, 2.75) is 83.6 Å². The quantitative estimate of drug-likeness (QED) is 0.376. The van der Waals surface area contributed by atoms with Crippen LogP contribution in [0.5, 0.6) is 0 Å². The van der Waals surface area contributed by atoms with Gasteiger partial charge in [0, 0.05) is 17.9 Å². The zero-order chi connectivity index (χ0) is 23.0. The molecular weight excluding hydrogens is 410 g/mol. The average Bonchev–Trinajstić information content (AvgIpc) is 3.04. The van der Waals surface area contributed by atoms with E-state index in [-0.39, 0.29) is 10.3 Å². The number of nitrogens with zero attached hydrogens (tertiary/aromatic N) is 2. The monoisotopic (exact) mass is 445 g/mol. The van der Waals surface area contributed by atoms with Crippen molar-refractivity contribution in [2.75, 3.05) is 0 Å². The Morgan fingerprint density at radius 3 is 2.35 bits per heavy atom. The first kappa shape index (κ1) is 23.5. The minimum absolute atomic E-state index is 0.126. The molecule has 170 valence electrons. The summed E-state index contributed by atoms with van der Waals surface area (Å²) < 4.78 is 26.7. The molecule has 7 heteroatoms. The van der Waals surface area contributed by atoms with Crippen LogP contribution < -0.4 is 5.14 Å². The second-order valence-corrected chi connectivity index (χ2v) is 11.4. The highest BCUT2D eigenvalue weighted by Gasteiger charge is 2.25. The van der Waals surface area contributed by atoms with Crippen molar-refractivity contribution in [2.24, 2.45) is 16.2 Å². The van der Waals surface area contributed by atoms with Gasteiger partial charge in [-0.25, -0.2) is 13.6 Å². The Balaban J connectivity index is 2.23. The number of primary sulfonamides is 1. The third kappa shape index (κ3) is 5.21. The molecule has 3 rings (SSSR count). The maximum atomic E-state index is 12.3. The predicted molar refractivity (Wildman–Crippen MR) is 125 cm³/mol. The van der Waals surface area contributed by atoms with Crippen molar-refractivity contribution in [3.63, 3.8) is 0 Å². The Morgan fingerprint density at radius 1 is 1.16 bits per heavy atom. The van der Waals surface area contributed by atoms with Crippen LogP contribution in [0.3, 0.4) is 0 Å². The molecule has 6 nitrogen and oxygen atoms in total. The van der Waals surface area contributed by atoms with E-state index in [1.165, 1.54) is 19.3 Å². The SMILES string of the molecule is C/C(=N\O)c1cc(-c2cc(S(N)(=O)=O)c(C)n2CC2CCCCC2)cc(C(C)(C)C)c1. The lowest BCUT2D eigenvalue weighted by molar-refractivity contribution is 0.318. The van der Waals surface area contributed by atoms with Gasteiger partial charge >= 0.3 is 0 Å². The van der Waals surface area contributed by atoms with Crippen LogP contribution in [0.25, 0.3) is 11.3 Å². The van der Waals surface area contributed by atoms with E-state index in [1.807, 2.05) is 19.1 Å². The minimum Gasteiger partial charge on any atom is -0.411 e. The fraction of sp³-hybridized carbons (Fsp3) is 0.542. The van der Waals surface area contributed by atoms with Crippen molar-refractivity contribution in [1.82, 2.24) is 4.57 Å². The summed E-state index contributed by atoms with van der Waals surface area (Å²) in [4.78, 5) is 0.175. The Hall–Kier alpha value is -2.12. The maximum absolute atomic E-state index is 12.3. The molecule has 0 aliphatic heterocycles. The van der Waals surface area contributed by atoms with Crippen molar-refractivity contribution in [3.8, 4) is 11.3 Å². The molecule has 0 radical (unpaired) electrons. The third-order valence-corrected chi connectivity index (χ3v) is 7.48. The summed E-state index contributed by atoms with van der Waals surface area (Å²) in [5, 5.41) is 18.3. The largest absolute Gasteiger partial charge is 0.411 e. The summed E-state index contributed by atoms with van der Waals surface area (Å²) in [5.74, 6) is 0.526. The Morgan fingerprint density at radius 2 is 1.81 bits per heavy atom. The average molecular weight is 446 g/mol. The molecule has 0 bridgehead atoms. The van der Waals surface area contributed by atoms with Gasteiger partial charge < -0.3 is 9.77 Å². The van der Waals surface area contributed by atoms with Crippen molar-refractivity contribution in [1.29, 1.82) is 0 Å². The van der Waals surface area contributed by atoms with Crippen LogP contribution in [0.4, 0.5) is 0 Å². The lowest BCUT2D eigenvalue weighted by atomic mass is 9.84.